The molecule has 3 aliphatic rings. The van der Waals surface area contributed by atoms with Gasteiger partial charge in [0, 0.05) is 18.6 Å². The van der Waals surface area contributed by atoms with Gasteiger partial charge in [0.05, 0.1) is 24.8 Å². The van der Waals surface area contributed by atoms with Crippen LogP contribution in [0.15, 0.2) is 0 Å². The topological polar surface area (TPSA) is 397 Å². The number of aliphatic hydroxyl groups is 4. The zero-order valence-electron chi connectivity index (χ0n) is 21.6. The van der Waals surface area contributed by atoms with E-state index in [1.807, 2.05) is 0 Å². The highest BCUT2D eigenvalue weighted by molar-refractivity contribution is 7.80. The summed E-state index contributed by atoms with van der Waals surface area (Å²) in [7, 11) is -9.33. The molecule has 1 unspecified atom stereocenters. The Morgan fingerprint density at radius 3 is 1.61 bits per heavy atom. The summed E-state index contributed by atoms with van der Waals surface area (Å²) in [6, 6.07) is -2.85. The predicted octanol–water partition coefficient (Wildman–Crippen LogP) is -6.57. The van der Waals surface area contributed by atoms with Crippen molar-refractivity contribution in [3.05, 3.63) is 0 Å². The van der Waals surface area contributed by atoms with Gasteiger partial charge in [-0.15, -0.1) is 0 Å². The molecule has 0 spiro atoms. The third kappa shape index (κ3) is 13.2. The number of nitrogens with two attached hydrogens (primary N) is 5. The number of hydrogen-bond donors (Lipinski definition) is 13. The van der Waals surface area contributed by atoms with Crippen molar-refractivity contribution in [2.24, 2.45) is 28.7 Å². The summed E-state index contributed by atoms with van der Waals surface area (Å²) in [5.41, 5.74) is 30.0. The van der Waals surface area contributed by atoms with Crippen LogP contribution in [0.4, 0.5) is 0 Å². The highest BCUT2D eigenvalue weighted by Crippen LogP contribution is 2.30. The second kappa shape index (κ2) is 16.3. The van der Waals surface area contributed by atoms with E-state index < -0.39 is 101 Å². The first-order valence-electron chi connectivity index (χ1n) is 12.1. The van der Waals surface area contributed by atoms with Crippen molar-refractivity contribution in [1.82, 2.24) is 0 Å². The van der Waals surface area contributed by atoms with E-state index in [0.29, 0.717) is 19.4 Å². The van der Waals surface area contributed by atoms with Crippen molar-refractivity contribution in [2.75, 3.05) is 13.2 Å². The van der Waals surface area contributed by atoms with E-state index in [1.165, 1.54) is 0 Å². The second-order valence-electron chi connectivity index (χ2n) is 9.54. The number of rotatable bonds is 6. The molecule has 1 saturated carbocycles. The maximum atomic E-state index is 11.0. The molecule has 0 aromatic rings. The molecule has 13 atom stereocenters. The summed E-state index contributed by atoms with van der Waals surface area (Å²) in [4.78, 5) is 0. The van der Waals surface area contributed by atoms with Crippen LogP contribution in [0.3, 0.4) is 0 Å². The number of aliphatic hydroxyl groups excluding tert-OH is 4. The van der Waals surface area contributed by atoms with Crippen LogP contribution in [0.25, 0.3) is 0 Å². The van der Waals surface area contributed by atoms with Crippen LogP contribution < -0.4 is 28.7 Å². The minimum atomic E-state index is -4.67. The normalized spacial score (nSPS) is 41.8. The predicted molar refractivity (Wildman–Crippen MR) is 135 cm³/mol. The lowest BCUT2D eigenvalue weighted by molar-refractivity contribution is -0.313. The zero-order chi connectivity index (χ0) is 31.9. The molecule has 2 saturated heterocycles. The molecule has 21 nitrogen and oxygen atoms in total. The minimum absolute atomic E-state index is 0.204. The highest BCUT2D eigenvalue weighted by atomic mass is 32.3. The Balaban J connectivity index is 0.000000722. The largest absolute Gasteiger partial charge is 0.394 e. The number of hydrogen-bond acceptors (Lipinski definition) is 17. The molecule has 41 heavy (non-hydrogen) atoms. The Kier molecular flexibility index (Phi) is 15.2. The van der Waals surface area contributed by atoms with Gasteiger partial charge in [-0.3, -0.25) is 18.2 Å². The molecule has 2 heterocycles. The third-order valence-corrected chi connectivity index (χ3v) is 6.34. The Morgan fingerprint density at radius 2 is 1.17 bits per heavy atom. The third-order valence-electron chi connectivity index (χ3n) is 6.34. The molecule has 246 valence electrons. The zero-order valence-corrected chi connectivity index (χ0v) is 23.2. The molecule has 0 bridgehead atoms. The number of ether oxygens (including phenoxy) is 4. The first-order chi connectivity index (χ1) is 18.7. The molecule has 3 rings (SSSR count). The summed E-state index contributed by atoms with van der Waals surface area (Å²) in [5, 5.41) is 40.7. The summed E-state index contributed by atoms with van der Waals surface area (Å²) in [6.07, 6.45) is -7.72. The fourth-order valence-electron chi connectivity index (χ4n) is 4.36. The first-order valence-corrected chi connectivity index (χ1v) is 14.9. The lowest BCUT2D eigenvalue weighted by Crippen LogP contribution is -2.68. The highest BCUT2D eigenvalue weighted by Gasteiger charge is 2.49. The molecule has 0 amide bonds. The molecule has 1 aliphatic carbocycles. The Bertz CT molecular complexity index is 948. The fraction of sp³-hybridized carbons (Fsp3) is 1.00. The van der Waals surface area contributed by atoms with Crippen molar-refractivity contribution in [1.29, 1.82) is 0 Å². The summed E-state index contributed by atoms with van der Waals surface area (Å²) in [6.45, 7) is -0.214. The van der Waals surface area contributed by atoms with Gasteiger partial charge in [-0.05, 0) is 19.3 Å². The molecule has 0 aromatic heterocycles. The second-order valence-corrected chi connectivity index (χ2v) is 11.3. The summed E-state index contributed by atoms with van der Waals surface area (Å²) >= 11 is 0. The average molecular weight is 648 g/mol. The van der Waals surface area contributed by atoms with E-state index in [2.05, 4.69) is 0 Å². The summed E-state index contributed by atoms with van der Waals surface area (Å²) < 4.78 is 86.1. The average Bonchev–Trinajstić information content (AvgIpc) is 2.83. The smallest absolute Gasteiger partial charge is 0.394 e. The van der Waals surface area contributed by atoms with Crippen LogP contribution in [-0.2, 0) is 39.7 Å². The van der Waals surface area contributed by atoms with E-state index >= 15 is 0 Å². The van der Waals surface area contributed by atoms with Crippen LogP contribution in [0, 0.1) is 0 Å². The quantitative estimate of drug-likeness (QED) is 0.119. The van der Waals surface area contributed by atoms with E-state index in [0.717, 1.165) is 0 Å². The van der Waals surface area contributed by atoms with Gasteiger partial charge in [0.2, 0.25) is 0 Å². The van der Waals surface area contributed by atoms with E-state index in [4.69, 9.17) is 82.7 Å². The van der Waals surface area contributed by atoms with Crippen molar-refractivity contribution < 1.29 is 74.4 Å². The van der Waals surface area contributed by atoms with Crippen LogP contribution in [-0.4, -0.2) is 148 Å². The van der Waals surface area contributed by atoms with Gasteiger partial charge in [-0.1, -0.05) is 0 Å². The fourth-order valence-corrected chi connectivity index (χ4v) is 4.36. The lowest BCUT2D eigenvalue weighted by atomic mass is 9.84. The molecule has 0 radical (unpaired) electrons. The van der Waals surface area contributed by atoms with Gasteiger partial charge < -0.3 is 68.0 Å². The molecule has 23 heteroatoms. The van der Waals surface area contributed by atoms with Crippen LogP contribution in [0.5, 0.6) is 0 Å². The van der Waals surface area contributed by atoms with E-state index in [1.54, 1.807) is 0 Å². The molecule has 18 N–H and O–H groups in total. The maximum absolute atomic E-state index is 11.0. The molecule has 3 fully saturated rings. The molecule has 2 aliphatic heterocycles. The maximum Gasteiger partial charge on any atom is 0.394 e. The SMILES string of the molecule is NC[C@@H]1CC[C@@H](N)C(O[C@H]2[C@H](O)[C@@H](O[C@H]3O[C@H](CO)[C@@H](O)[C@H](N)[C@H]3O)[C@@H](N)C[C@@H]2N)O1.O=S(=O)(O)O.O=S(=O)(O)O. The van der Waals surface area contributed by atoms with Gasteiger partial charge in [0.15, 0.2) is 12.6 Å². The molecular formula is C18H41N5O16S2. The van der Waals surface area contributed by atoms with E-state index in [9.17, 15) is 20.4 Å². The monoisotopic (exact) mass is 647 g/mol. The Hall–Kier alpha value is -0.780. The first kappa shape index (κ1) is 38.2. The lowest BCUT2D eigenvalue weighted by Gasteiger charge is -2.47. The van der Waals surface area contributed by atoms with Crippen LogP contribution >= 0.6 is 0 Å². The van der Waals surface area contributed by atoms with Crippen LogP contribution in [0.2, 0.25) is 0 Å². The van der Waals surface area contributed by atoms with Crippen molar-refractivity contribution in [3.8, 4) is 0 Å². The van der Waals surface area contributed by atoms with Crippen molar-refractivity contribution >= 4 is 20.8 Å². The van der Waals surface area contributed by atoms with Gasteiger partial charge >= 0.3 is 20.8 Å². The Labute approximate surface area is 236 Å². The molecular weight excluding hydrogens is 606 g/mol. The van der Waals surface area contributed by atoms with Crippen LogP contribution in [0.1, 0.15) is 19.3 Å². The minimum Gasteiger partial charge on any atom is -0.394 e. The van der Waals surface area contributed by atoms with E-state index in [-0.39, 0.29) is 12.5 Å². The van der Waals surface area contributed by atoms with Gasteiger partial charge in [0.25, 0.3) is 0 Å². The van der Waals surface area contributed by atoms with Crippen molar-refractivity contribution in [2.45, 2.75) is 98.7 Å². The van der Waals surface area contributed by atoms with Gasteiger partial charge in [0.1, 0.15) is 36.6 Å². The van der Waals surface area contributed by atoms with Gasteiger partial charge in [-0.2, -0.15) is 16.8 Å². The van der Waals surface area contributed by atoms with Crippen molar-refractivity contribution in [3.63, 3.8) is 0 Å². The van der Waals surface area contributed by atoms with Gasteiger partial charge in [-0.25, -0.2) is 0 Å². The molecule has 0 aromatic carbocycles. The summed E-state index contributed by atoms with van der Waals surface area (Å²) in [5.74, 6) is 0. The standard InChI is InChI=1S/C18H37N5O8.2H2O4S/c19-4-6-1-2-7(20)17(28-6)30-15-8(21)3-9(22)16(14(15)27)31-18-13(26)11(23)12(25)10(5-24)29-18;2*1-5(2,3)4/h6-18,24-27H,1-5,19-23H2;2*(H2,1,2,3,4)/t6-,7+,8-,9-,10+,11-,12+,13+,14-,15+,16-,17?,18+;;/m0../s1. The Morgan fingerprint density at radius 1 is 0.707 bits per heavy atom.